The van der Waals surface area contributed by atoms with E-state index in [9.17, 15) is 40.2 Å². The van der Waals surface area contributed by atoms with Crippen molar-refractivity contribution >= 4 is 11.8 Å². The number of rotatable bonds is 6. The van der Waals surface area contributed by atoms with Gasteiger partial charge in [0.2, 0.25) is 0 Å². The van der Waals surface area contributed by atoms with Crippen LogP contribution in [-0.4, -0.2) is 123 Å². The zero-order valence-electron chi connectivity index (χ0n) is 22.5. The van der Waals surface area contributed by atoms with Crippen LogP contribution < -0.4 is 0 Å². The van der Waals surface area contributed by atoms with E-state index >= 15 is 0 Å². The fourth-order valence-corrected chi connectivity index (χ4v) is 6.40. The summed E-state index contributed by atoms with van der Waals surface area (Å²) < 4.78 is 28.1. The van der Waals surface area contributed by atoms with Gasteiger partial charge in [-0.2, -0.15) is 0 Å². The van der Waals surface area contributed by atoms with Crippen molar-refractivity contribution in [2.45, 2.75) is 101 Å². The average molecular weight is 571 g/mol. The Morgan fingerprint density at radius 2 is 1.52 bits per heavy atom. The van der Waals surface area contributed by atoms with E-state index in [0.717, 1.165) is 12.0 Å². The SMILES string of the molecule is CC1=C2C(=O)C=C(COC3O[C@H](CO[C@@H]4O[C@@H](C)[C@H](O)[C@@H](O)[C@H]4O)[C@@H](O)[C@H](O)[C@H]3O)[C@@H]2[C@H]2OC(=O)[C@@H](C)[C@@H]2CC1. The molecule has 14 atom stereocenters. The van der Waals surface area contributed by atoms with Crippen LogP contribution in [0.15, 0.2) is 22.8 Å². The van der Waals surface area contributed by atoms with Crippen LogP contribution in [0.5, 0.6) is 0 Å². The first-order valence-electron chi connectivity index (χ1n) is 13.7. The molecule has 2 aliphatic carbocycles. The van der Waals surface area contributed by atoms with Gasteiger partial charge in [0, 0.05) is 17.4 Å². The topological polar surface area (TPSA) is 202 Å². The molecule has 0 amide bonds. The number of ketones is 1. The molecule has 13 nitrogen and oxygen atoms in total. The third kappa shape index (κ3) is 5.17. The molecule has 0 aromatic heterocycles. The maximum atomic E-state index is 13.0. The minimum Gasteiger partial charge on any atom is -0.461 e. The summed E-state index contributed by atoms with van der Waals surface area (Å²) in [6, 6.07) is 0. The molecule has 0 radical (unpaired) electrons. The molecular weight excluding hydrogens is 532 g/mol. The Labute approximate surface area is 230 Å². The number of ether oxygens (including phenoxy) is 5. The van der Waals surface area contributed by atoms with Gasteiger partial charge in [-0.25, -0.2) is 0 Å². The molecule has 3 aliphatic heterocycles. The predicted molar refractivity (Wildman–Crippen MR) is 132 cm³/mol. The molecule has 5 rings (SSSR count). The Hall–Kier alpha value is -1.78. The van der Waals surface area contributed by atoms with Crippen LogP contribution in [-0.2, 0) is 33.3 Å². The highest BCUT2D eigenvalue weighted by Gasteiger charge is 2.52. The quantitative estimate of drug-likeness (QED) is 0.193. The van der Waals surface area contributed by atoms with E-state index in [2.05, 4.69) is 0 Å². The summed E-state index contributed by atoms with van der Waals surface area (Å²) >= 11 is 0. The summed E-state index contributed by atoms with van der Waals surface area (Å²) in [7, 11) is 0. The summed E-state index contributed by atoms with van der Waals surface area (Å²) in [6.07, 6.45) is -11.8. The molecule has 3 fully saturated rings. The third-order valence-electron chi connectivity index (χ3n) is 8.94. The van der Waals surface area contributed by atoms with E-state index in [-0.39, 0.29) is 30.2 Å². The van der Waals surface area contributed by atoms with Gasteiger partial charge in [-0.3, -0.25) is 9.59 Å². The second kappa shape index (κ2) is 11.5. The van der Waals surface area contributed by atoms with Gasteiger partial charge in [0.05, 0.1) is 25.2 Å². The van der Waals surface area contributed by atoms with E-state index in [4.69, 9.17) is 23.7 Å². The molecule has 40 heavy (non-hydrogen) atoms. The van der Waals surface area contributed by atoms with Crippen LogP contribution in [0.3, 0.4) is 0 Å². The lowest BCUT2D eigenvalue weighted by Crippen LogP contribution is -2.61. The number of hydrogen-bond acceptors (Lipinski definition) is 13. The molecule has 3 saturated heterocycles. The largest absolute Gasteiger partial charge is 0.461 e. The zero-order valence-corrected chi connectivity index (χ0v) is 22.5. The third-order valence-corrected chi connectivity index (χ3v) is 8.94. The van der Waals surface area contributed by atoms with Crippen molar-refractivity contribution in [3.8, 4) is 0 Å². The maximum absolute atomic E-state index is 13.0. The van der Waals surface area contributed by atoms with Gasteiger partial charge in [-0.15, -0.1) is 0 Å². The Morgan fingerprint density at radius 3 is 2.23 bits per heavy atom. The maximum Gasteiger partial charge on any atom is 0.309 e. The molecule has 13 heteroatoms. The Bertz CT molecular complexity index is 1060. The van der Waals surface area contributed by atoms with Gasteiger partial charge in [0.1, 0.15) is 48.8 Å². The van der Waals surface area contributed by atoms with Crippen molar-refractivity contribution in [2.24, 2.45) is 17.8 Å². The number of carbonyl (C=O) groups excluding carboxylic acids is 2. The summed E-state index contributed by atoms with van der Waals surface area (Å²) in [5.74, 6) is -1.33. The molecule has 0 aromatic carbocycles. The van der Waals surface area contributed by atoms with E-state index in [0.29, 0.717) is 17.6 Å². The first kappa shape index (κ1) is 29.7. The number of fused-ring (bicyclic) bond motifs is 3. The van der Waals surface area contributed by atoms with Crippen LogP contribution in [0.4, 0.5) is 0 Å². The minimum atomic E-state index is -1.67. The molecule has 3 heterocycles. The van der Waals surface area contributed by atoms with Crippen LogP contribution in [0.25, 0.3) is 0 Å². The van der Waals surface area contributed by atoms with Crippen molar-refractivity contribution in [3.63, 3.8) is 0 Å². The molecule has 0 aromatic rings. The second-order valence-electron chi connectivity index (χ2n) is 11.5. The fourth-order valence-electron chi connectivity index (χ4n) is 6.40. The van der Waals surface area contributed by atoms with Gasteiger partial charge >= 0.3 is 5.97 Å². The van der Waals surface area contributed by atoms with Crippen LogP contribution in [0, 0.1) is 17.8 Å². The Kier molecular flexibility index (Phi) is 8.52. The smallest absolute Gasteiger partial charge is 0.309 e. The second-order valence-corrected chi connectivity index (χ2v) is 11.5. The normalized spacial score (nSPS) is 47.5. The lowest BCUT2D eigenvalue weighted by atomic mass is 9.81. The van der Waals surface area contributed by atoms with E-state index in [1.165, 1.54) is 13.0 Å². The van der Waals surface area contributed by atoms with Gasteiger partial charge in [0.15, 0.2) is 18.4 Å². The molecule has 0 saturated carbocycles. The highest BCUT2D eigenvalue weighted by molar-refractivity contribution is 6.09. The average Bonchev–Trinajstić information content (AvgIpc) is 3.35. The lowest BCUT2D eigenvalue weighted by molar-refractivity contribution is -0.327. The van der Waals surface area contributed by atoms with E-state index in [1.807, 2.05) is 13.8 Å². The number of hydrogen-bond donors (Lipinski definition) is 6. The first-order chi connectivity index (χ1) is 18.9. The van der Waals surface area contributed by atoms with Gasteiger partial charge in [-0.05, 0) is 38.3 Å². The van der Waals surface area contributed by atoms with E-state index in [1.54, 1.807) is 0 Å². The fraction of sp³-hybridized carbons (Fsp3) is 0.778. The highest BCUT2D eigenvalue weighted by Crippen LogP contribution is 2.48. The number of carbonyl (C=O) groups is 2. The standard InChI is InChI=1S/C27H38O13/c1-9-4-5-13-10(2)25(35)40-24(13)17-12(6-14(28)16(9)17)7-36-27-23(34)21(32)19(30)15(39-27)8-37-26-22(33)20(31)18(29)11(3)38-26/h6,10-11,13,15,17-24,26-27,29-34H,4-5,7-8H2,1-3H3/t10-,11-,13-,15+,17-,18-,19+,20+,21-,22+,23+,24-,26+,27?/m0/s1. The summed E-state index contributed by atoms with van der Waals surface area (Å²) in [5, 5.41) is 61.5. The minimum absolute atomic E-state index is 0.0611. The number of esters is 1. The van der Waals surface area contributed by atoms with Crippen LogP contribution in [0.2, 0.25) is 0 Å². The molecule has 0 spiro atoms. The summed E-state index contributed by atoms with van der Waals surface area (Å²) in [4.78, 5) is 25.3. The summed E-state index contributed by atoms with van der Waals surface area (Å²) in [5.41, 5.74) is 2.08. The van der Waals surface area contributed by atoms with Crippen LogP contribution >= 0.6 is 0 Å². The summed E-state index contributed by atoms with van der Waals surface area (Å²) in [6.45, 7) is 4.61. The van der Waals surface area contributed by atoms with Crippen LogP contribution in [0.1, 0.15) is 33.6 Å². The van der Waals surface area contributed by atoms with Crippen molar-refractivity contribution < 1.29 is 63.9 Å². The molecule has 6 N–H and O–H groups in total. The monoisotopic (exact) mass is 570 g/mol. The van der Waals surface area contributed by atoms with Crippen molar-refractivity contribution in [1.29, 1.82) is 0 Å². The molecule has 5 aliphatic rings. The molecule has 1 unspecified atom stereocenters. The number of aliphatic hydroxyl groups excluding tert-OH is 6. The highest BCUT2D eigenvalue weighted by atomic mass is 16.7. The zero-order chi connectivity index (χ0) is 29.0. The number of allylic oxidation sites excluding steroid dienone is 2. The van der Waals surface area contributed by atoms with Gasteiger partial charge in [-0.1, -0.05) is 12.5 Å². The number of aliphatic hydroxyl groups is 6. The Morgan fingerprint density at radius 1 is 0.875 bits per heavy atom. The predicted octanol–water partition coefficient (Wildman–Crippen LogP) is -1.93. The van der Waals surface area contributed by atoms with E-state index < -0.39 is 80.0 Å². The molecular formula is C27H38O13. The first-order valence-corrected chi connectivity index (χ1v) is 13.7. The van der Waals surface area contributed by atoms with Gasteiger partial charge < -0.3 is 54.3 Å². The van der Waals surface area contributed by atoms with Crippen molar-refractivity contribution in [1.82, 2.24) is 0 Å². The van der Waals surface area contributed by atoms with Crippen molar-refractivity contribution in [2.75, 3.05) is 13.2 Å². The van der Waals surface area contributed by atoms with Crippen molar-refractivity contribution in [3.05, 3.63) is 22.8 Å². The lowest BCUT2D eigenvalue weighted by Gasteiger charge is -2.42. The molecule has 0 bridgehead atoms. The molecule has 224 valence electrons. The van der Waals surface area contributed by atoms with Gasteiger partial charge in [0.25, 0.3) is 0 Å². The Balaban J connectivity index is 1.26.